The molecule has 1 aliphatic rings. The highest BCUT2D eigenvalue weighted by atomic mass is 16.4. The number of pyridine rings is 2. The summed E-state index contributed by atoms with van der Waals surface area (Å²) in [7, 11) is 0. The topological polar surface area (TPSA) is 86.6 Å². The highest BCUT2D eigenvalue weighted by Gasteiger charge is 2.23. The minimum Gasteiger partial charge on any atom is -0.477 e. The molecule has 3 rings (SSSR count). The third kappa shape index (κ3) is 3.28. The summed E-state index contributed by atoms with van der Waals surface area (Å²) in [6.45, 7) is 2.35. The Labute approximate surface area is 133 Å². The van der Waals surface area contributed by atoms with Gasteiger partial charge in [-0.1, -0.05) is 6.07 Å². The molecule has 7 heteroatoms. The van der Waals surface area contributed by atoms with E-state index in [1.807, 2.05) is 4.90 Å². The maximum absolute atomic E-state index is 12.4. The van der Waals surface area contributed by atoms with E-state index in [1.165, 1.54) is 6.07 Å². The second-order valence-electron chi connectivity index (χ2n) is 5.21. The number of hydrogen-bond donors (Lipinski definition) is 1. The van der Waals surface area contributed by atoms with Crippen molar-refractivity contribution >= 4 is 17.7 Å². The van der Waals surface area contributed by atoms with Crippen molar-refractivity contribution < 1.29 is 14.7 Å². The van der Waals surface area contributed by atoms with Crippen molar-refractivity contribution in [2.24, 2.45) is 0 Å². The molecule has 0 unspecified atom stereocenters. The van der Waals surface area contributed by atoms with Crippen molar-refractivity contribution in [2.45, 2.75) is 0 Å². The van der Waals surface area contributed by atoms with E-state index in [2.05, 4.69) is 9.97 Å². The predicted molar refractivity (Wildman–Crippen MR) is 83.5 cm³/mol. The van der Waals surface area contributed by atoms with E-state index in [-0.39, 0.29) is 11.6 Å². The number of carbonyl (C=O) groups excluding carboxylic acids is 1. The molecule has 0 radical (unpaired) electrons. The minimum atomic E-state index is -1.04. The minimum absolute atomic E-state index is 0.0244. The van der Waals surface area contributed by atoms with Gasteiger partial charge in [0.2, 0.25) is 0 Å². The molecular weight excluding hydrogens is 296 g/mol. The van der Waals surface area contributed by atoms with Gasteiger partial charge >= 0.3 is 5.97 Å². The van der Waals surface area contributed by atoms with Crippen molar-refractivity contribution in [1.29, 1.82) is 0 Å². The highest BCUT2D eigenvalue weighted by molar-refractivity contribution is 5.94. The number of carbonyl (C=O) groups is 2. The van der Waals surface area contributed by atoms with Crippen LogP contribution < -0.4 is 4.90 Å². The summed E-state index contributed by atoms with van der Waals surface area (Å²) in [5, 5.41) is 9.01. The van der Waals surface area contributed by atoms with Crippen molar-refractivity contribution in [3.8, 4) is 0 Å². The van der Waals surface area contributed by atoms with Gasteiger partial charge in [0.1, 0.15) is 5.82 Å². The van der Waals surface area contributed by atoms with Gasteiger partial charge in [0.05, 0.1) is 5.56 Å². The quantitative estimate of drug-likeness (QED) is 0.914. The lowest BCUT2D eigenvalue weighted by Crippen LogP contribution is -2.49. The first-order valence-electron chi connectivity index (χ1n) is 7.30. The van der Waals surface area contributed by atoms with Crippen molar-refractivity contribution in [2.75, 3.05) is 31.1 Å². The molecule has 1 aliphatic heterocycles. The van der Waals surface area contributed by atoms with Crippen LogP contribution in [0, 0.1) is 0 Å². The van der Waals surface area contributed by atoms with Gasteiger partial charge < -0.3 is 14.9 Å². The number of anilines is 1. The summed E-state index contributed by atoms with van der Waals surface area (Å²) in [5.41, 5.74) is 0.600. The Morgan fingerprint density at radius 1 is 1.04 bits per heavy atom. The fourth-order valence-corrected chi connectivity index (χ4v) is 2.53. The van der Waals surface area contributed by atoms with Gasteiger partial charge in [-0.25, -0.2) is 9.78 Å². The Morgan fingerprint density at radius 2 is 1.83 bits per heavy atom. The first-order chi connectivity index (χ1) is 11.1. The van der Waals surface area contributed by atoms with Gasteiger partial charge in [0.25, 0.3) is 5.91 Å². The van der Waals surface area contributed by atoms with Crippen LogP contribution in [-0.4, -0.2) is 58.0 Å². The van der Waals surface area contributed by atoms with Crippen LogP contribution in [0.15, 0.2) is 42.7 Å². The third-order valence-corrected chi connectivity index (χ3v) is 3.75. The Morgan fingerprint density at radius 3 is 2.48 bits per heavy atom. The molecule has 1 fully saturated rings. The monoisotopic (exact) mass is 312 g/mol. The summed E-state index contributed by atoms with van der Waals surface area (Å²) in [5.74, 6) is -0.458. The van der Waals surface area contributed by atoms with Gasteiger partial charge in [-0.15, -0.1) is 0 Å². The number of rotatable bonds is 3. The van der Waals surface area contributed by atoms with Crippen LogP contribution in [0.25, 0.3) is 0 Å². The lowest BCUT2D eigenvalue weighted by molar-refractivity contribution is 0.0690. The smallest absolute Gasteiger partial charge is 0.354 e. The predicted octanol–water partition coefficient (Wildman–Crippen LogP) is 1.14. The molecule has 0 aromatic carbocycles. The summed E-state index contributed by atoms with van der Waals surface area (Å²) >= 11 is 0. The fraction of sp³-hybridized carbons (Fsp3) is 0.250. The van der Waals surface area contributed by atoms with Gasteiger partial charge in [-0.05, 0) is 24.3 Å². The van der Waals surface area contributed by atoms with Crippen LogP contribution in [0.3, 0.4) is 0 Å². The average molecular weight is 312 g/mol. The molecule has 0 atom stereocenters. The zero-order valence-corrected chi connectivity index (χ0v) is 12.4. The third-order valence-electron chi connectivity index (χ3n) is 3.75. The van der Waals surface area contributed by atoms with Crippen LogP contribution in [0.2, 0.25) is 0 Å². The van der Waals surface area contributed by atoms with Gasteiger partial charge in [-0.3, -0.25) is 9.78 Å². The lowest BCUT2D eigenvalue weighted by atomic mass is 10.2. The van der Waals surface area contributed by atoms with Crippen LogP contribution in [0.5, 0.6) is 0 Å². The van der Waals surface area contributed by atoms with Gasteiger partial charge in [-0.2, -0.15) is 0 Å². The molecule has 0 bridgehead atoms. The zero-order chi connectivity index (χ0) is 16.2. The van der Waals surface area contributed by atoms with Crippen molar-refractivity contribution in [3.05, 3.63) is 54.0 Å². The molecule has 1 N–H and O–H groups in total. The molecule has 2 aromatic heterocycles. The van der Waals surface area contributed by atoms with Gasteiger partial charge in [0.15, 0.2) is 5.69 Å². The summed E-state index contributed by atoms with van der Waals surface area (Å²) in [4.78, 5) is 35.2. The number of aromatic nitrogens is 2. The van der Waals surface area contributed by atoms with E-state index < -0.39 is 5.97 Å². The van der Waals surface area contributed by atoms with E-state index in [1.54, 1.807) is 41.6 Å². The second-order valence-corrected chi connectivity index (χ2v) is 5.21. The first kappa shape index (κ1) is 15.0. The Kier molecular flexibility index (Phi) is 4.18. The molecule has 7 nitrogen and oxygen atoms in total. The van der Waals surface area contributed by atoms with E-state index >= 15 is 0 Å². The first-order valence-corrected chi connectivity index (χ1v) is 7.30. The Bertz CT molecular complexity index is 712. The number of amides is 1. The largest absolute Gasteiger partial charge is 0.477 e. The summed E-state index contributed by atoms with van der Waals surface area (Å²) < 4.78 is 0. The molecule has 1 amide bonds. The molecule has 118 valence electrons. The summed E-state index contributed by atoms with van der Waals surface area (Å²) in [6, 6.07) is 8.42. The van der Waals surface area contributed by atoms with Crippen LogP contribution >= 0.6 is 0 Å². The Balaban J connectivity index is 1.66. The normalized spacial score (nSPS) is 14.6. The number of piperazine rings is 1. The lowest BCUT2D eigenvalue weighted by Gasteiger charge is -2.35. The number of nitrogens with zero attached hydrogens (tertiary/aromatic N) is 4. The van der Waals surface area contributed by atoms with E-state index in [0.29, 0.717) is 37.6 Å². The van der Waals surface area contributed by atoms with E-state index in [4.69, 9.17) is 5.11 Å². The van der Waals surface area contributed by atoms with E-state index in [9.17, 15) is 9.59 Å². The summed E-state index contributed by atoms with van der Waals surface area (Å²) in [6.07, 6.45) is 3.20. The molecular formula is C16H16N4O3. The molecule has 0 spiro atoms. The maximum Gasteiger partial charge on any atom is 0.354 e. The second kappa shape index (κ2) is 6.43. The number of carboxylic acid groups (broad SMARTS) is 1. The van der Waals surface area contributed by atoms with Crippen molar-refractivity contribution in [3.63, 3.8) is 0 Å². The highest BCUT2D eigenvalue weighted by Crippen LogP contribution is 2.15. The fourth-order valence-electron chi connectivity index (χ4n) is 2.53. The Hall–Kier alpha value is -2.96. The molecule has 0 aliphatic carbocycles. The molecule has 1 saturated heterocycles. The SMILES string of the molecule is O=C(O)c1cccc(N2CCN(C(=O)c3cccnc3)CC2)n1. The molecule has 3 heterocycles. The van der Waals surface area contributed by atoms with Gasteiger partial charge in [0, 0.05) is 38.6 Å². The van der Waals surface area contributed by atoms with Crippen molar-refractivity contribution in [1.82, 2.24) is 14.9 Å². The number of aromatic carboxylic acids is 1. The number of hydrogen-bond acceptors (Lipinski definition) is 5. The zero-order valence-electron chi connectivity index (χ0n) is 12.4. The molecule has 2 aromatic rings. The van der Waals surface area contributed by atoms with Crippen LogP contribution in [0.1, 0.15) is 20.8 Å². The number of carboxylic acids is 1. The van der Waals surface area contributed by atoms with Crippen LogP contribution in [-0.2, 0) is 0 Å². The van der Waals surface area contributed by atoms with E-state index in [0.717, 1.165) is 0 Å². The molecule has 23 heavy (non-hydrogen) atoms. The van der Waals surface area contributed by atoms with Crippen LogP contribution in [0.4, 0.5) is 5.82 Å². The standard InChI is InChI=1S/C16H16N4O3/c21-15(12-3-2-6-17-11-12)20-9-7-19(8-10-20)14-5-1-4-13(18-14)16(22)23/h1-6,11H,7-10H2,(H,22,23). The average Bonchev–Trinajstić information content (AvgIpc) is 2.62. The maximum atomic E-state index is 12.4. The molecule has 0 saturated carbocycles.